The Bertz CT molecular complexity index is 1240. The lowest BCUT2D eigenvalue weighted by Gasteiger charge is -2.48. The first-order chi connectivity index (χ1) is 19.0. The number of amides is 1. The van der Waals surface area contributed by atoms with E-state index in [1.165, 1.54) is 11.1 Å². The summed E-state index contributed by atoms with van der Waals surface area (Å²) in [6, 6.07) is 14.5. The van der Waals surface area contributed by atoms with E-state index < -0.39 is 5.92 Å². The van der Waals surface area contributed by atoms with E-state index in [-0.39, 0.29) is 60.4 Å². The van der Waals surface area contributed by atoms with Gasteiger partial charge in [0.25, 0.3) is 0 Å². The average Bonchev–Trinajstić information content (AvgIpc) is 3.60. The maximum absolute atomic E-state index is 14.7. The number of benzene rings is 2. The summed E-state index contributed by atoms with van der Waals surface area (Å²) >= 11 is 0. The van der Waals surface area contributed by atoms with Crippen LogP contribution in [0.5, 0.6) is 11.5 Å². The van der Waals surface area contributed by atoms with E-state index in [4.69, 9.17) is 9.47 Å². The highest BCUT2D eigenvalue weighted by molar-refractivity contribution is 5.83. The van der Waals surface area contributed by atoms with Crippen LogP contribution in [-0.4, -0.2) is 55.6 Å². The smallest absolute Gasteiger partial charge is 0.248 e. The molecule has 3 fully saturated rings. The van der Waals surface area contributed by atoms with Gasteiger partial charge in [-0.15, -0.1) is 0 Å². The first-order valence-electron chi connectivity index (χ1n) is 14.8. The fraction of sp³-hybridized carbons (Fsp3) is 0.594. The maximum Gasteiger partial charge on any atom is 0.248 e. The zero-order valence-electron chi connectivity index (χ0n) is 22.8. The highest BCUT2D eigenvalue weighted by Crippen LogP contribution is 2.52. The molecule has 0 aromatic heterocycles. The van der Waals surface area contributed by atoms with Crippen LogP contribution in [-0.2, 0) is 16.6 Å². The number of carbonyl (C=O) groups is 1. The van der Waals surface area contributed by atoms with Crippen LogP contribution < -0.4 is 27.2 Å². The molecule has 0 radical (unpaired) electrons. The van der Waals surface area contributed by atoms with Gasteiger partial charge in [0.2, 0.25) is 11.8 Å². The number of ether oxygens (including phenoxy) is 2. The van der Waals surface area contributed by atoms with E-state index in [9.17, 15) is 13.6 Å². The molecular formula is C32H38ClF2N2O3-. The molecule has 7 rings (SSSR count). The molecule has 5 atom stereocenters. The Morgan fingerprint density at radius 3 is 2.65 bits per heavy atom. The van der Waals surface area contributed by atoms with Crippen molar-refractivity contribution in [2.75, 3.05) is 32.8 Å². The quantitative estimate of drug-likeness (QED) is 0.615. The standard InChI is InChI=1S/C32H38F2N2O3.ClH/c33-32(34)12-4-7-24(18-32)27-17-23(21-5-2-1-3-6-21)10-14-36(27)30(37)26-19-35-20-31(26)13-16-39-29-25(31)9-8-22-11-15-38-28(22)29;/h1-3,5-6,8-9,23-24,26-27,35H,4,7,10-20H2;1H/p-1/t23-,24?,26+,27+,31+;/m1./s1. The van der Waals surface area contributed by atoms with Gasteiger partial charge in [-0.1, -0.05) is 42.5 Å². The molecule has 0 bridgehead atoms. The first kappa shape index (κ1) is 27.8. The number of nitrogens with zero attached hydrogens (tertiary/aromatic N) is 1. The number of fused-ring (bicyclic) bond motifs is 4. The second-order valence-corrected chi connectivity index (χ2v) is 12.4. The third kappa shape index (κ3) is 4.67. The van der Waals surface area contributed by atoms with Crippen LogP contribution >= 0.6 is 0 Å². The minimum absolute atomic E-state index is 0. The minimum Gasteiger partial charge on any atom is -1.00 e. The van der Waals surface area contributed by atoms with E-state index in [0.717, 1.165) is 49.2 Å². The van der Waals surface area contributed by atoms with Crippen molar-refractivity contribution >= 4 is 5.91 Å². The lowest BCUT2D eigenvalue weighted by molar-refractivity contribution is -0.145. The van der Waals surface area contributed by atoms with Crippen LogP contribution in [0.3, 0.4) is 0 Å². The summed E-state index contributed by atoms with van der Waals surface area (Å²) in [7, 11) is 0. The molecule has 1 amide bonds. The molecule has 2 aromatic rings. The van der Waals surface area contributed by atoms with E-state index in [2.05, 4.69) is 29.6 Å². The predicted octanol–water partition coefficient (Wildman–Crippen LogP) is 2.47. The first-order valence-corrected chi connectivity index (χ1v) is 14.8. The zero-order valence-corrected chi connectivity index (χ0v) is 23.6. The van der Waals surface area contributed by atoms with Gasteiger partial charge in [-0.25, -0.2) is 8.78 Å². The van der Waals surface area contributed by atoms with Gasteiger partial charge in [0.1, 0.15) is 0 Å². The molecule has 216 valence electrons. The summed E-state index contributed by atoms with van der Waals surface area (Å²) in [5, 5.41) is 3.54. The molecule has 1 aliphatic carbocycles. The lowest BCUT2D eigenvalue weighted by Crippen LogP contribution is -3.00. The number of hydrogen-bond acceptors (Lipinski definition) is 4. The van der Waals surface area contributed by atoms with Gasteiger partial charge < -0.3 is 32.1 Å². The van der Waals surface area contributed by atoms with Crippen molar-refractivity contribution in [3.63, 3.8) is 0 Å². The maximum atomic E-state index is 14.7. The van der Waals surface area contributed by atoms with Crippen molar-refractivity contribution in [1.29, 1.82) is 0 Å². The van der Waals surface area contributed by atoms with Crippen molar-refractivity contribution in [3.05, 3.63) is 59.2 Å². The number of rotatable bonds is 3. The van der Waals surface area contributed by atoms with Gasteiger partial charge in [-0.05, 0) is 49.5 Å². The molecule has 40 heavy (non-hydrogen) atoms. The van der Waals surface area contributed by atoms with Crippen molar-refractivity contribution in [2.24, 2.45) is 11.8 Å². The number of likely N-dealkylation sites (tertiary alicyclic amines) is 1. The van der Waals surface area contributed by atoms with Crippen LogP contribution in [0.4, 0.5) is 8.78 Å². The summed E-state index contributed by atoms with van der Waals surface area (Å²) < 4.78 is 41.5. The van der Waals surface area contributed by atoms with Crippen LogP contribution in [0.2, 0.25) is 0 Å². The van der Waals surface area contributed by atoms with Gasteiger partial charge in [-0.2, -0.15) is 0 Å². The Morgan fingerprint density at radius 1 is 1.00 bits per heavy atom. The number of hydrogen-bond donors (Lipinski definition) is 1. The minimum atomic E-state index is -2.65. The third-order valence-electron chi connectivity index (χ3n) is 10.3. The molecule has 8 heteroatoms. The van der Waals surface area contributed by atoms with Crippen molar-refractivity contribution in [1.82, 2.24) is 10.2 Å². The number of piperidine rings is 1. The Labute approximate surface area is 241 Å². The van der Waals surface area contributed by atoms with Crippen molar-refractivity contribution in [2.45, 2.75) is 74.7 Å². The molecule has 1 N–H and O–H groups in total. The molecule has 4 aliphatic heterocycles. The molecule has 4 heterocycles. The monoisotopic (exact) mass is 571 g/mol. The van der Waals surface area contributed by atoms with Crippen molar-refractivity contribution in [3.8, 4) is 11.5 Å². The fourth-order valence-electron chi connectivity index (χ4n) is 8.34. The highest BCUT2D eigenvalue weighted by atomic mass is 35.5. The van der Waals surface area contributed by atoms with Gasteiger partial charge in [0.15, 0.2) is 11.5 Å². The van der Waals surface area contributed by atoms with Gasteiger partial charge in [0.05, 0.1) is 19.1 Å². The van der Waals surface area contributed by atoms with Gasteiger partial charge in [-0.3, -0.25) is 4.79 Å². The summed E-state index contributed by atoms with van der Waals surface area (Å²) in [6.45, 7) is 3.14. The normalized spacial score (nSPS) is 32.4. The van der Waals surface area contributed by atoms with E-state index in [0.29, 0.717) is 39.3 Å². The zero-order chi connectivity index (χ0) is 26.6. The number of halogens is 3. The third-order valence-corrected chi connectivity index (χ3v) is 10.3. The largest absolute Gasteiger partial charge is 1.00 e. The summed E-state index contributed by atoms with van der Waals surface area (Å²) in [6.07, 6.45) is 4.39. The van der Waals surface area contributed by atoms with E-state index in [1.54, 1.807) is 0 Å². The highest BCUT2D eigenvalue weighted by Gasteiger charge is 2.54. The molecular weight excluding hydrogens is 534 g/mol. The fourth-order valence-corrected chi connectivity index (χ4v) is 8.34. The van der Waals surface area contributed by atoms with E-state index in [1.807, 2.05) is 23.1 Å². The number of alkyl halides is 2. The molecule has 2 saturated heterocycles. The predicted molar refractivity (Wildman–Crippen MR) is 145 cm³/mol. The van der Waals surface area contributed by atoms with Gasteiger partial charge >= 0.3 is 0 Å². The molecule has 1 saturated carbocycles. The summed E-state index contributed by atoms with van der Waals surface area (Å²) in [5.74, 6) is -1.00. The second-order valence-electron chi connectivity index (χ2n) is 12.4. The summed E-state index contributed by atoms with van der Waals surface area (Å²) in [5.41, 5.74) is 3.12. The lowest BCUT2D eigenvalue weighted by atomic mass is 9.67. The number of nitrogens with one attached hydrogen (secondary N) is 1. The molecule has 1 unspecified atom stereocenters. The molecule has 5 aliphatic rings. The van der Waals surface area contributed by atoms with Crippen LogP contribution in [0, 0.1) is 11.8 Å². The van der Waals surface area contributed by atoms with Gasteiger partial charge in [0, 0.05) is 61.5 Å². The van der Waals surface area contributed by atoms with Crippen LogP contribution in [0.1, 0.15) is 67.6 Å². The Balaban J connectivity index is 0.00000289. The van der Waals surface area contributed by atoms with Crippen molar-refractivity contribution < 1.29 is 35.5 Å². The molecule has 5 nitrogen and oxygen atoms in total. The number of carbonyl (C=O) groups excluding carboxylic acids is 1. The SMILES string of the molecule is O=C([C@@H]1CNC[C@]12CCOc1c2ccc2c1OCC2)N1CC[C@@H](c2ccccc2)C[C@H]1C1CCCC(F)(F)C1.[Cl-]. The van der Waals surface area contributed by atoms with Crippen LogP contribution in [0.15, 0.2) is 42.5 Å². The molecule has 1 spiro atoms. The molecule has 2 aromatic carbocycles. The Hall–Kier alpha value is -2.38. The topological polar surface area (TPSA) is 50.8 Å². The van der Waals surface area contributed by atoms with Crippen LogP contribution in [0.25, 0.3) is 0 Å². The average molecular weight is 572 g/mol. The second kappa shape index (κ2) is 10.8. The Kier molecular flexibility index (Phi) is 7.49. The van der Waals surface area contributed by atoms with E-state index >= 15 is 0 Å². The summed E-state index contributed by atoms with van der Waals surface area (Å²) in [4.78, 5) is 16.6. The Morgan fingerprint density at radius 2 is 1.82 bits per heavy atom.